The number of nitrogens with one attached hydrogen (secondary N) is 1. The van der Waals surface area contributed by atoms with E-state index in [1.165, 1.54) is 11.3 Å². The highest BCUT2D eigenvalue weighted by Gasteiger charge is 2.43. The van der Waals surface area contributed by atoms with Gasteiger partial charge in [-0.3, -0.25) is 4.79 Å². The Morgan fingerprint density at radius 2 is 2.03 bits per heavy atom. The molecule has 2 saturated carbocycles. The van der Waals surface area contributed by atoms with Crippen molar-refractivity contribution in [2.45, 2.75) is 50.6 Å². The van der Waals surface area contributed by atoms with E-state index in [-0.39, 0.29) is 30.6 Å². The molecule has 2 aliphatic rings. The summed E-state index contributed by atoms with van der Waals surface area (Å²) < 4.78 is 17.5. The van der Waals surface area contributed by atoms with Crippen molar-refractivity contribution in [2.75, 3.05) is 19.5 Å². The standard InChI is InChI=1S/C23H26N4O5S/c1-30-18-8-14(18)22(29)27-23-26-15-7-6-13(20(31-2)21(15)33-23)12-9-24-19(25-10-12)11-32-17-5-3-4-16(17)28/h6-7,9-10,14,16-18,28H,3-5,8,11H2,1-2H3,(H,26,27,29)/t14-,16+,17+,18-/m1/s1. The number of nitrogens with zero attached hydrogens (tertiary/aromatic N) is 3. The van der Waals surface area contributed by atoms with Crippen molar-refractivity contribution >= 4 is 32.6 Å². The van der Waals surface area contributed by atoms with Gasteiger partial charge in [-0.15, -0.1) is 0 Å². The fraction of sp³-hybridized carbons (Fsp3) is 0.478. The third-order valence-electron chi connectivity index (χ3n) is 6.18. The fourth-order valence-corrected chi connectivity index (χ4v) is 5.20. The third kappa shape index (κ3) is 4.56. The van der Waals surface area contributed by atoms with E-state index >= 15 is 0 Å². The molecule has 0 spiro atoms. The molecule has 1 aromatic carbocycles. The zero-order chi connectivity index (χ0) is 22.9. The number of hydrogen-bond donors (Lipinski definition) is 2. The van der Waals surface area contributed by atoms with Gasteiger partial charge in [-0.05, 0) is 37.8 Å². The van der Waals surface area contributed by atoms with Crippen LogP contribution in [0.2, 0.25) is 0 Å². The first-order valence-corrected chi connectivity index (χ1v) is 11.8. The summed E-state index contributed by atoms with van der Waals surface area (Å²) in [7, 11) is 3.23. The molecule has 0 aliphatic heterocycles. The lowest BCUT2D eigenvalue weighted by Crippen LogP contribution is -2.22. The maximum absolute atomic E-state index is 12.4. The lowest BCUT2D eigenvalue weighted by atomic mass is 10.1. The molecule has 2 fully saturated rings. The first-order chi connectivity index (χ1) is 16.1. The van der Waals surface area contributed by atoms with E-state index in [4.69, 9.17) is 14.2 Å². The van der Waals surface area contributed by atoms with Gasteiger partial charge in [0.2, 0.25) is 5.91 Å². The van der Waals surface area contributed by atoms with Crippen molar-refractivity contribution in [1.82, 2.24) is 15.0 Å². The number of carbonyl (C=O) groups excluding carboxylic acids is 1. The first-order valence-electron chi connectivity index (χ1n) is 11.0. The van der Waals surface area contributed by atoms with Crippen molar-refractivity contribution in [3.63, 3.8) is 0 Å². The molecule has 2 heterocycles. The Bertz CT molecular complexity index is 1150. The van der Waals surface area contributed by atoms with Crippen LogP contribution in [0.25, 0.3) is 21.3 Å². The number of carbonyl (C=O) groups is 1. The van der Waals surface area contributed by atoms with Crippen LogP contribution in [0.1, 0.15) is 31.5 Å². The number of aliphatic hydroxyl groups excluding tert-OH is 1. The van der Waals surface area contributed by atoms with Gasteiger partial charge in [0.25, 0.3) is 0 Å². The minimum absolute atomic E-state index is 0.00267. The molecule has 2 aliphatic carbocycles. The largest absolute Gasteiger partial charge is 0.495 e. The summed E-state index contributed by atoms with van der Waals surface area (Å²) in [6.45, 7) is 0.265. The molecule has 0 bridgehead atoms. The SMILES string of the molecule is COc1c(-c2cnc(CO[C@H]3CCC[C@@H]3O)nc2)ccc2nc(NC(=O)[C@@H]3C[C@H]3OC)sc12. The normalized spacial score (nSPS) is 24.2. The third-order valence-corrected chi connectivity index (χ3v) is 7.16. The predicted molar refractivity (Wildman–Crippen MR) is 123 cm³/mol. The van der Waals surface area contributed by atoms with Crippen molar-refractivity contribution in [3.05, 3.63) is 30.4 Å². The molecule has 4 atom stereocenters. The highest BCUT2D eigenvalue weighted by Crippen LogP contribution is 2.41. The van der Waals surface area contributed by atoms with Gasteiger partial charge >= 0.3 is 0 Å². The highest BCUT2D eigenvalue weighted by molar-refractivity contribution is 7.22. The van der Waals surface area contributed by atoms with Gasteiger partial charge < -0.3 is 24.6 Å². The van der Waals surface area contributed by atoms with Gasteiger partial charge in [0.05, 0.1) is 41.6 Å². The van der Waals surface area contributed by atoms with Crippen LogP contribution in [0, 0.1) is 5.92 Å². The van der Waals surface area contributed by atoms with Crippen molar-refractivity contribution in [2.24, 2.45) is 5.92 Å². The molecule has 1 amide bonds. The maximum Gasteiger partial charge on any atom is 0.231 e. The summed E-state index contributed by atoms with van der Waals surface area (Å²) in [5.41, 5.74) is 2.39. The quantitative estimate of drug-likeness (QED) is 0.516. The molecule has 33 heavy (non-hydrogen) atoms. The van der Waals surface area contributed by atoms with Crippen LogP contribution in [-0.2, 0) is 20.9 Å². The molecule has 5 rings (SSSR count). The fourth-order valence-electron chi connectivity index (χ4n) is 4.21. The number of aromatic nitrogens is 3. The minimum atomic E-state index is -0.403. The van der Waals surface area contributed by atoms with Crippen LogP contribution in [-0.4, -0.2) is 58.5 Å². The van der Waals surface area contributed by atoms with E-state index in [1.807, 2.05) is 12.1 Å². The van der Waals surface area contributed by atoms with E-state index in [2.05, 4.69) is 20.3 Å². The van der Waals surface area contributed by atoms with E-state index in [1.54, 1.807) is 26.6 Å². The van der Waals surface area contributed by atoms with Crippen molar-refractivity contribution in [3.8, 4) is 16.9 Å². The summed E-state index contributed by atoms with van der Waals surface area (Å²) >= 11 is 1.37. The summed E-state index contributed by atoms with van der Waals surface area (Å²) in [6, 6.07) is 3.81. The highest BCUT2D eigenvalue weighted by atomic mass is 32.1. The van der Waals surface area contributed by atoms with Gasteiger partial charge in [0.1, 0.15) is 12.4 Å². The summed E-state index contributed by atoms with van der Waals surface area (Å²) in [6.07, 6.45) is 6.29. The molecular weight excluding hydrogens is 444 g/mol. The number of anilines is 1. The first kappa shape index (κ1) is 22.1. The molecule has 9 nitrogen and oxygen atoms in total. The van der Waals surface area contributed by atoms with Crippen molar-refractivity contribution < 1.29 is 24.1 Å². The molecule has 174 valence electrons. The van der Waals surface area contributed by atoms with Gasteiger partial charge in [-0.1, -0.05) is 11.3 Å². The van der Waals surface area contributed by atoms with Crippen LogP contribution in [0.3, 0.4) is 0 Å². The summed E-state index contributed by atoms with van der Waals surface area (Å²) in [5, 5.41) is 13.3. The number of thiazole rings is 1. The van der Waals surface area contributed by atoms with E-state index < -0.39 is 6.10 Å². The second kappa shape index (κ2) is 9.30. The molecule has 0 saturated heterocycles. The molecule has 10 heteroatoms. The molecule has 2 N–H and O–H groups in total. The number of amides is 1. The van der Waals surface area contributed by atoms with Crippen LogP contribution < -0.4 is 10.1 Å². The Morgan fingerprint density at radius 1 is 1.21 bits per heavy atom. The van der Waals surface area contributed by atoms with Crippen molar-refractivity contribution in [1.29, 1.82) is 0 Å². The minimum Gasteiger partial charge on any atom is -0.495 e. The van der Waals surface area contributed by atoms with Gasteiger partial charge in [0.15, 0.2) is 11.0 Å². The Morgan fingerprint density at radius 3 is 2.70 bits per heavy atom. The second-order valence-corrected chi connectivity index (χ2v) is 9.35. The number of methoxy groups -OCH3 is 2. The maximum atomic E-state index is 12.4. The average molecular weight is 471 g/mol. The molecule has 0 unspecified atom stereocenters. The van der Waals surface area contributed by atoms with E-state index in [0.29, 0.717) is 16.7 Å². The Kier molecular flexibility index (Phi) is 6.24. The van der Waals surface area contributed by atoms with E-state index in [0.717, 1.165) is 47.0 Å². The monoisotopic (exact) mass is 470 g/mol. The number of ether oxygens (including phenoxy) is 3. The Hall–Kier alpha value is -2.66. The smallest absolute Gasteiger partial charge is 0.231 e. The zero-order valence-corrected chi connectivity index (χ0v) is 19.3. The zero-order valence-electron chi connectivity index (χ0n) is 18.5. The van der Waals surface area contributed by atoms with Gasteiger partial charge in [-0.25, -0.2) is 15.0 Å². The summed E-state index contributed by atoms with van der Waals surface area (Å²) in [5.74, 6) is 1.04. The number of hydrogen-bond acceptors (Lipinski definition) is 9. The van der Waals surface area contributed by atoms with Gasteiger partial charge in [-0.2, -0.15) is 0 Å². The molecule has 2 aromatic heterocycles. The second-order valence-electron chi connectivity index (χ2n) is 8.35. The Labute approximate surface area is 195 Å². The number of fused-ring (bicyclic) bond motifs is 1. The molecule has 0 radical (unpaired) electrons. The number of rotatable bonds is 8. The van der Waals surface area contributed by atoms with Crippen LogP contribution in [0.15, 0.2) is 24.5 Å². The van der Waals surface area contributed by atoms with Crippen LogP contribution in [0.5, 0.6) is 5.75 Å². The average Bonchev–Trinajstić information content (AvgIpc) is 3.35. The lowest BCUT2D eigenvalue weighted by Gasteiger charge is -2.15. The predicted octanol–water partition coefficient (Wildman–Crippen LogP) is 3.17. The Balaban J connectivity index is 1.32. The number of aliphatic hydroxyl groups is 1. The van der Waals surface area contributed by atoms with Gasteiger partial charge in [0, 0.05) is 30.6 Å². The summed E-state index contributed by atoms with van der Waals surface area (Å²) in [4.78, 5) is 25.7. The molecular formula is C23H26N4O5S. The van der Waals surface area contributed by atoms with Crippen LogP contribution in [0.4, 0.5) is 5.13 Å². The van der Waals surface area contributed by atoms with Crippen LogP contribution >= 0.6 is 11.3 Å². The number of benzene rings is 1. The molecule has 3 aromatic rings. The van der Waals surface area contributed by atoms with E-state index in [9.17, 15) is 9.90 Å². The topological polar surface area (TPSA) is 116 Å². The lowest BCUT2D eigenvalue weighted by molar-refractivity contribution is -0.118.